The van der Waals surface area contributed by atoms with Gasteiger partial charge in [-0.25, -0.2) is 8.78 Å². The third-order valence-electron chi connectivity index (χ3n) is 2.69. The molecule has 1 unspecified atom stereocenters. The molecule has 3 nitrogen and oxygen atoms in total. The Morgan fingerprint density at radius 1 is 1.30 bits per heavy atom. The molecule has 0 aliphatic rings. The van der Waals surface area contributed by atoms with E-state index >= 15 is 0 Å². The van der Waals surface area contributed by atoms with Crippen molar-refractivity contribution in [1.29, 1.82) is 0 Å². The van der Waals surface area contributed by atoms with Gasteiger partial charge in [0, 0.05) is 12.2 Å². The molecule has 0 saturated carbocycles. The molecule has 0 aliphatic heterocycles. The lowest BCUT2D eigenvalue weighted by Crippen LogP contribution is -2.31. The van der Waals surface area contributed by atoms with Crippen LogP contribution in [0.1, 0.15) is 23.6 Å². The average molecular weight is 298 g/mol. The Bertz CT molecular complexity index is 450. The van der Waals surface area contributed by atoms with Crippen LogP contribution in [0.4, 0.5) is 22.0 Å². The van der Waals surface area contributed by atoms with Crippen LogP contribution in [0.25, 0.3) is 0 Å². The smallest absolute Gasteiger partial charge is 0.372 e. The summed E-state index contributed by atoms with van der Waals surface area (Å²) in [5, 5.41) is 0. The summed E-state index contributed by atoms with van der Waals surface area (Å²) >= 11 is 0. The minimum absolute atomic E-state index is 0.0934. The first-order valence-corrected chi connectivity index (χ1v) is 5.81. The highest BCUT2D eigenvalue weighted by atomic mass is 19.4. The van der Waals surface area contributed by atoms with Crippen molar-refractivity contribution >= 4 is 0 Å². The molecule has 0 radical (unpaired) electrons. The topological polar surface area (TPSA) is 47.3 Å². The van der Waals surface area contributed by atoms with Gasteiger partial charge in [0.15, 0.2) is 0 Å². The van der Waals surface area contributed by atoms with Crippen molar-refractivity contribution in [2.45, 2.75) is 25.6 Å². The van der Waals surface area contributed by atoms with E-state index in [1.54, 1.807) is 0 Å². The molecule has 1 aromatic rings. The van der Waals surface area contributed by atoms with Crippen LogP contribution in [-0.2, 0) is 4.74 Å². The Hall–Kier alpha value is -1.25. The number of alkyl halides is 3. The van der Waals surface area contributed by atoms with Gasteiger partial charge >= 0.3 is 6.18 Å². The third kappa shape index (κ3) is 4.69. The van der Waals surface area contributed by atoms with Crippen LogP contribution in [0.5, 0.6) is 0 Å². The predicted molar refractivity (Wildman–Crippen MR) is 62.7 cm³/mol. The molecule has 20 heavy (non-hydrogen) atoms. The quantitative estimate of drug-likeness (QED) is 0.367. The molecule has 1 atom stereocenters. The largest absolute Gasteiger partial charge is 0.411 e. The van der Waals surface area contributed by atoms with E-state index in [2.05, 4.69) is 10.2 Å². The maximum absolute atomic E-state index is 13.8. The number of halogens is 5. The SMILES string of the molecule is Cc1ccc(F)c(C(CCOCC(F)(F)F)NN)c1F. The molecule has 0 bridgehead atoms. The summed E-state index contributed by atoms with van der Waals surface area (Å²) in [6.45, 7) is -0.295. The lowest BCUT2D eigenvalue weighted by molar-refractivity contribution is -0.174. The van der Waals surface area contributed by atoms with Gasteiger partial charge in [0.05, 0.1) is 6.04 Å². The van der Waals surface area contributed by atoms with Gasteiger partial charge in [-0.05, 0) is 25.0 Å². The number of nitrogens with two attached hydrogens (primary N) is 1. The number of nitrogens with one attached hydrogen (secondary N) is 1. The van der Waals surface area contributed by atoms with Gasteiger partial charge in [-0.1, -0.05) is 6.07 Å². The van der Waals surface area contributed by atoms with Gasteiger partial charge in [0.2, 0.25) is 0 Å². The van der Waals surface area contributed by atoms with Gasteiger partial charge in [-0.3, -0.25) is 11.3 Å². The van der Waals surface area contributed by atoms with Crippen molar-refractivity contribution < 1.29 is 26.7 Å². The Morgan fingerprint density at radius 2 is 1.95 bits per heavy atom. The second-order valence-electron chi connectivity index (χ2n) is 4.27. The fourth-order valence-electron chi connectivity index (χ4n) is 1.70. The highest BCUT2D eigenvalue weighted by Gasteiger charge is 2.28. The zero-order chi connectivity index (χ0) is 15.3. The summed E-state index contributed by atoms with van der Waals surface area (Å²) in [4.78, 5) is 0. The van der Waals surface area contributed by atoms with Crippen LogP contribution >= 0.6 is 0 Å². The summed E-state index contributed by atoms with van der Waals surface area (Å²) < 4.78 is 67.5. The molecule has 1 aromatic carbocycles. The number of aryl methyl sites for hydroxylation is 1. The van der Waals surface area contributed by atoms with Crippen molar-refractivity contribution in [3.63, 3.8) is 0 Å². The van der Waals surface area contributed by atoms with Crippen molar-refractivity contribution in [3.05, 3.63) is 34.9 Å². The fourth-order valence-corrected chi connectivity index (χ4v) is 1.70. The molecule has 0 spiro atoms. The molecule has 0 amide bonds. The van der Waals surface area contributed by atoms with E-state index in [1.807, 2.05) is 0 Å². The Kier molecular flexibility index (Phi) is 5.85. The molecule has 3 N–H and O–H groups in total. The van der Waals surface area contributed by atoms with Gasteiger partial charge < -0.3 is 4.74 Å². The highest BCUT2D eigenvalue weighted by molar-refractivity contribution is 5.29. The maximum Gasteiger partial charge on any atom is 0.411 e. The molecule has 0 aromatic heterocycles. The van der Waals surface area contributed by atoms with Crippen molar-refractivity contribution in [2.75, 3.05) is 13.2 Å². The van der Waals surface area contributed by atoms with Crippen molar-refractivity contribution in [3.8, 4) is 0 Å². The number of rotatable bonds is 6. The first-order valence-electron chi connectivity index (χ1n) is 5.81. The molecular formula is C12H15F5N2O. The first kappa shape index (κ1) is 16.8. The Labute approximate surface area is 112 Å². The second kappa shape index (κ2) is 6.96. The molecule has 0 heterocycles. The minimum Gasteiger partial charge on any atom is -0.372 e. The Morgan fingerprint density at radius 3 is 2.50 bits per heavy atom. The monoisotopic (exact) mass is 298 g/mol. The number of benzene rings is 1. The number of hydrogen-bond acceptors (Lipinski definition) is 3. The maximum atomic E-state index is 13.8. The van der Waals surface area contributed by atoms with E-state index in [1.165, 1.54) is 13.0 Å². The van der Waals surface area contributed by atoms with Crippen LogP contribution < -0.4 is 11.3 Å². The van der Waals surface area contributed by atoms with Crippen LogP contribution in [0.15, 0.2) is 12.1 Å². The summed E-state index contributed by atoms with van der Waals surface area (Å²) in [5.41, 5.74) is 2.10. The van der Waals surface area contributed by atoms with Crippen LogP contribution in [-0.4, -0.2) is 19.4 Å². The fraction of sp³-hybridized carbons (Fsp3) is 0.500. The molecule has 0 fully saturated rings. The van der Waals surface area contributed by atoms with Gasteiger partial charge in [-0.2, -0.15) is 13.2 Å². The van der Waals surface area contributed by atoms with Crippen molar-refractivity contribution in [2.24, 2.45) is 5.84 Å². The van der Waals surface area contributed by atoms with Crippen molar-refractivity contribution in [1.82, 2.24) is 5.43 Å². The van der Waals surface area contributed by atoms with Gasteiger partial charge in [0.1, 0.15) is 18.2 Å². The number of hydrazine groups is 1. The van der Waals surface area contributed by atoms with E-state index in [0.29, 0.717) is 0 Å². The van der Waals surface area contributed by atoms with E-state index in [4.69, 9.17) is 5.84 Å². The van der Waals surface area contributed by atoms with E-state index < -0.39 is 30.5 Å². The molecule has 0 saturated heterocycles. The van der Waals surface area contributed by atoms with E-state index in [-0.39, 0.29) is 24.2 Å². The Balaban J connectivity index is 2.70. The summed E-state index contributed by atoms with van der Waals surface area (Å²) in [5.74, 6) is 3.61. The number of ether oxygens (including phenoxy) is 1. The summed E-state index contributed by atoms with van der Waals surface area (Å²) in [7, 11) is 0. The van der Waals surface area contributed by atoms with Crippen LogP contribution in [0.2, 0.25) is 0 Å². The van der Waals surface area contributed by atoms with Gasteiger partial charge in [0.25, 0.3) is 0 Å². The highest BCUT2D eigenvalue weighted by Crippen LogP contribution is 2.25. The molecule has 1 rings (SSSR count). The van der Waals surface area contributed by atoms with Gasteiger partial charge in [-0.15, -0.1) is 0 Å². The average Bonchev–Trinajstić information content (AvgIpc) is 2.35. The summed E-state index contributed by atoms with van der Waals surface area (Å²) in [6, 6.07) is 1.37. The zero-order valence-electron chi connectivity index (χ0n) is 10.7. The third-order valence-corrected chi connectivity index (χ3v) is 2.69. The molecule has 8 heteroatoms. The normalized spacial score (nSPS) is 13.6. The van der Waals surface area contributed by atoms with Crippen LogP contribution in [0, 0.1) is 18.6 Å². The lowest BCUT2D eigenvalue weighted by Gasteiger charge is -2.19. The lowest BCUT2D eigenvalue weighted by atomic mass is 10.0. The standard InChI is InChI=1S/C12H15F5N2O/c1-7-2-3-8(13)10(11(7)14)9(19-18)4-5-20-6-12(15,16)17/h2-3,9,19H,4-6,18H2,1H3. The molecule has 0 aliphatic carbocycles. The molecule has 114 valence electrons. The number of hydrogen-bond donors (Lipinski definition) is 2. The van der Waals surface area contributed by atoms with E-state index in [0.717, 1.165) is 6.07 Å². The first-order chi connectivity index (χ1) is 9.26. The minimum atomic E-state index is -4.44. The zero-order valence-corrected chi connectivity index (χ0v) is 10.7. The predicted octanol–water partition coefficient (Wildman–Crippen LogP) is 2.75. The summed E-state index contributed by atoms with van der Waals surface area (Å²) in [6.07, 6.45) is -4.53. The molecular weight excluding hydrogens is 283 g/mol. The van der Waals surface area contributed by atoms with E-state index in [9.17, 15) is 22.0 Å². The second-order valence-corrected chi connectivity index (χ2v) is 4.27. The van der Waals surface area contributed by atoms with Crippen LogP contribution in [0.3, 0.4) is 0 Å².